The van der Waals surface area contributed by atoms with Gasteiger partial charge in [0.1, 0.15) is 5.82 Å². The zero-order chi connectivity index (χ0) is 21.0. The van der Waals surface area contributed by atoms with Gasteiger partial charge in [-0.15, -0.1) is 0 Å². The summed E-state index contributed by atoms with van der Waals surface area (Å²) in [6.45, 7) is 3.45. The van der Waals surface area contributed by atoms with Crippen LogP contribution in [0.15, 0.2) is 48.5 Å². The lowest BCUT2D eigenvalue weighted by Crippen LogP contribution is -2.31. The van der Waals surface area contributed by atoms with Crippen LogP contribution in [0.25, 0.3) is 10.9 Å². The van der Waals surface area contributed by atoms with E-state index in [1.807, 2.05) is 38.1 Å². The molecule has 0 saturated carbocycles. The predicted molar refractivity (Wildman–Crippen MR) is 109 cm³/mol. The van der Waals surface area contributed by atoms with E-state index in [0.717, 1.165) is 16.5 Å². The number of pyridine rings is 1. The van der Waals surface area contributed by atoms with E-state index < -0.39 is 18.5 Å². The first-order valence-corrected chi connectivity index (χ1v) is 9.45. The quantitative estimate of drug-likeness (QED) is 0.592. The van der Waals surface area contributed by atoms with Crippen molar-refractivity contribution in [1.29, 1.82) is 0 Å². The fraction of sp³-hybridized carbons (Fsp3) is 0.261. The number of rotatable bonds is 6. The fourth-order valence-electron chi connectivity index (χ4n) is 3.25. The third kappa shape index (κ3) is 4.42. The van der Waals surface area contributed by atoms with Crippen LogP contribution < -0.4 is 0 Å². The fourth-order valence-corrected chi connectivity index (χ4v) is 3.25. The van der Waals surface area contributed by atoms with Crippen molar-refractivity contribution in [3.8, 4) is 0 Å². The number of halogens is 1. The van der Waals surface area contributed by atoms with Crippen molar-refractivity contribution < 1.29 is 18.7 Å². The Labute approximate surface area is 169 Å². The molecule has 0 aliphatic heterocycles. The van der Waals surface area contributed by atoms with Crippen LogP contribution >= 0.6 is 0 Å². The maximum atomic E-state index is 13.8. The summed E-state index contributed by atoms with van der Waals surface area (Å²) in [6, 6.07) is 13.8. The molecule has 3 rings (SSSR count). The minimum Gasteiger partial charge on any atom is -0.452 e. The molecule has 0 N–H and O–H groups in total. The number of fused-ring (bicyclic) bond motifs is 1. The normalized spacial score (nSPS) is 10.8. The number of carbonyl (C=O) groups excluding carboxylic acids is 2. The van der Waals surface area contributed by atoms with Gasteiger partial charge in [-0.2, -0.15) is 0 Å². The highest BCUT2D eigenvalue weighted by atomic mass is 19.1. The van der Waals surface area contributed by atoms with E-state index in [1.54, 1.807) is 25.2 Å². The SMILES string of the molecule is CCc1nc2ccccc2c(C)c1C(=O)OCC(=O)N(C)Cc1ccccc1F. The number of aryl methyl sites for hydroxylation is 2. The molecular weight excluding hydrogens is 371 g/mol. The number of esters is 1. The molecule has 0 aliphatic carbocycles. The molecule has 0 aliphatic rings. The largest absolute Gasteiger partial charge is 0.452 e. The van der Waals surface area contributed by atoms with Crippen LogP contribution in [0, 0.1) is 12.7 Å². The van der Waals surface area contributed by atoms with E-state index in [1.165, 1.54) is 11.0 Å². The van der Waals surface area contributed by atoms with Crippen LogP contribution in [0.2, 0.25) is 0 Å². The molecule has 5 nitrogen and oxygen atoms in total. The molecule has 1 heterocycles. The predicted octanol–water partition coefficient (Wildman–Crippen LogP) is 4.06. The molecule has 0 atom stereocenters. The Morgan fingerprint density at radius 3 is 2.52 bits per heavy atom. The zero-order valence-corrected chi connectivity index (χ0v) is 16.7. The molecule has 3 aromatic rings. The number of carbonyl (C=O) groups is 2. The molecule has 6 heteroatoms. The molecular formula is C23H23FN2O3. The Hall–Kier alpha value is -3.28. The summed E-state index contributed by atoms with van der Waals surface area (Å²) in [6.07, 6.45) is 0.567. The number of nitrogens with zero attached hydrogens (tertiary/aromatic N) is 2. The van der Waals surface area contributed by atoms with Gasteiger partial charge in [-0.25, -0.2) is 9.18 Å². The monoisotopic (exact) mass is 394 g/mol. The lowest BCUT2D eigenvalue weighted by Gasteiger charge is -2.18. The van der Waals surface area contributed by atoms with Crippen LogP contribution in [-0.2, 0) is 22.5 Å². The highest BCUT2D eigenvalue weighted by Crippen LogP contribution is 2.24. The van der Waals surface area contributed by atoms with E-state index in [0.29, 0.717) is 23.2 Å². The highest BCUT2D eigenvalue weighted by molar-refractivity contribution is 5.99. The maximum Gasteiger partial charge on any atom is 0.340 e. The highest BCUT2D eigenvalue weighted by Gasteiger charge is 2.21. The smallest absolute Gasteiger partial charge is 0.340 e. The van der Waals surface area contributed by atoms with Crippen LogP contribution in [0.1, 0.15) is 34.1 Å². The summed E-state index contributed by atoms with van der Waals surface area (Å²) in [5.74, 6) is -1.37. The van der Waals surface area contributed by atoms with Crippen molar-refractivity contribution in [2.45, 2.75) is 26.8 Å². The van der Waals surface area contributed by atoms with E-state index in [9.17, 15) is 14.0 Å². The van der Waals surface area contributed by atoms with Crippen LogP contribution in [0.5, 0.6) is 0 Å². The van der Waals surface area contributed by atoms with Crippen molar-refractivity contribution in [2.24, 2.45) is 0 Å². The number of aromatic nitrogens is 1. The second-order valence-corrected chi connectivity index (χ2v) is 6.85. The zero-order valence-electron chi connectivity index (χ0n) is 16.7. The lowest BCUT2D eigenvalue weighted by atomic mass is 10.0. The van der Waals surface area contributed by atoms with Gasteiger partial charge in [-0.05, 0) is 31.0 Å². The number of benzene rings is 2. The molecule has 150 valence electrons. The Balaban J connectivity index is 1.73. The minimum absolute atomic E-state index is 0.0970. The van der Waals surface area contributed by atoms with Gasteiger partial charge in [-0.1, -0.05) is 43.3 Å². The van der Waals surface area contributed by atoms with E-state index in [4.69, 9.17) is 4.74 Å². The number of hydrogen-bond donors (Lipinski definition) is 0. The van der Waals surface area contributed by atoms with Crippen LogP contribution in [0.3, 0.4) is 0 Å². The average molecular weight is 394 g/mol. The number of para-hydroxylation sites is 1. The first-order valence-electron chi connectivity index (χ1n) is 9.45. The molecule has 2 aromatic carbocycles. The third-order valence-corrected chi connectivity index (χ3v) is 4.88. The molecule has 1 amide bonds. The van der Waals surface area contributed by atoms with Crippen LogP contribution in [-0.4, -0.2) is 35.4 Å². The Kier molecular flexibility index (Phi) is 6.22. The number of likely N-dealkylation sites (N-methyl/N-ethyl adjacent to an activating group) is 1. The number of hydrogen-bond acceptors (Lipinski definition) is 4. The summed E-state index contributed by atoms with van der Waals surface area (Å²) in [5, 5.41) is 0.875. The molecule has 0 spiro atoms. The van der Waals surface area contributed by atoms with Gasteiger partial charge in [0.25, 0.3) is 5.91 Å². The molecule has 0 unspecified atom stereocenters. The molecule has 0 saturated heterocycles. The summed E-state index contributed by atoms with van der Waals surface area (Å²) >= 11 is 0. The lowest BCUT2D eigenvalue weighted by molar-refractivity contribution is -0.133. The first kappa shape index (κ1) is 20.5. The molecule has 0 bridgehead atoms. The minimum atomic E-state index is -0.578. The van der Waals surface area contributed by atoms with Gasteiger partial charge in [-0.3, -0.25) is 9.78 Å². The molecule has 0 radical (unpaired) electrons. The van der Waals surface area contributed by atoms with Gasteiger partial charge >= 0.3 is 5.97 Å². The first-order chi connectivity index (χ1) is 13.9. The summed E-state index contributed by atoms with van der Waals surface area (Å²) < 4.78 is 19.1. The van der Waals surface area contributed by atoms with E-state index in [2.05, 4.69) is 4.98 Å². The van der Waals surface area contributed by atoms with Gasteiger partial charge in [0, 0.05) is 24.5 Å². The second-order valence-electron chi connectivity index (χ2n) is 6.85. The summed E-state index contributed by atoms with van der Waals surface area (Å²) in [5.41, 5.74) is 3.04. The van der Waals surface area contributed by atoms with Crippen molar-refractivity contribution in [3.63, 3.8) is 0 Å². The van der Waals surface area contributed by atoms with E-state index >= 15 is 0 Å². The van der Waals surface area contributed by atoms with Gasteiger partial charge < -0.3 is 9.64 Å². The van der Waals surface area contributed by atoms with Gasteiger partial charge in [0.15, 0.2) is 6.61 Å². The van der Waals surface area contributed by atoms with Crippen molar-refractivity contribution in [2.75, 3.05) is 13.7 Å². The topological polar surface area (TPSA) is 59.5 Å². The van der Waals surface area contributed by atoms with Crippen molar-refractivity contribution >= 4 is 22.8 Å². The maximum absolute atomic E-state index is 13.8. The second kappa shape index (κ2) is 8.82. The van der Waals surface area contributed by atoms with Gasteiger partial charge in [0.2, 0.25) is 0 Å². The van der Waals surface area contributed by atoms with Crippen LogP contribution in [0.4, 0.5) is 4.39 Å². The Morgan fingerprint density at radius 2 is 1.79 bits per heavy atom. The summed E-state index contributed by atoms with van der Waals surface area (Å²) in [4.78, 5) is 31.0. The third-order valence-electron chi connectivity index (χ3n) is 4.88. The molecule has 1 aromatic heterocycles. The Morgan fingerprint density at radius 1 is 1.10 bits per heavy atom. The van der Waals surface area contributed by atoms with Gasteiger partial charge in [0.05, 0.1) is 16.8 Å². The van der Waals surface area contributed by atoms with Crippen molar-refractivity contribution in [3.05, 3.63) is 76.7 Å². The number of ether oxygens (including phenoxy) is 1. The summed E-state index contributed by atoms with van der Waals surface area (Å²) in [7, 11) is 1.54. The Bertz CT molecular complexity index is 1070. The standard InChI is InChI=1S/C23H23FN2O3/c1-4-19-22(15(2)17-10-6-8-12-20(17)25-19)23(28)29-14-21(27)26(3)13-16-9-5-7-11-18(16)24/h5-12H,4,13-14H2,1-3H3. The molecule has 0 fully saturated rings. The van der Waals surface area contributed by atoms with E-state index in [-0.39, 0.29) is 12.4 Å². The average Bonchev–Trinajstić information content (AvgIpc) is 2.73. The molecule has 29 heavy (non-hydrogen) atoms. The number of amides is 1. The van der Waals surface area contributed by atoms with Crippen molar-refractivity contribution in [1.82, 2.24) is 9.88 Å².